The molecule has 53 heavy (non-hydrogen) atoms. The first kappa shape index (κ1) is 34.4. The lowest BCUT2D eigenvalue weighted by Crippen LogP contribution is -2.67. The van der Waals surface area contributed by atoms with Gasteiger partial charge in [0.15, 0.2) is 5.78 Å². The number of fused-ring (bicyclic) bond motifs is 2. The van der Waals surface area contributed by atoms with E-state index in [9.17, 15) is 23.1 Å². The molecule has 1 N–H and O–H groups in total. The van der Waals surface area contributed by atoms with E-state index in [0.717, 1.165) is 48.8 Å². The van der Waals surface area contributed by atoms with E-state index in [1.54, 1.807) is 17.0 Å². The van der Waals surface area contributed by atoms with Crippen LogP contribution in [-0.4, -0.2) is 46.5 Å². The van der Waals surface area contributed by atoms with Gasteiger partial charge in [0.05, 0.1) is 12.6 Å². The van der Waals surface area contributed by atoms with Crippen molar-refractivity contribution in [3.8, 4) is 16.9 Å². The molecule has 1 heterocycles. The van der Waals surface area contributed by atoms with Crippen LogP contribution in [-0.2, 0) is 11.3 Å². The smallest absolute Gasteiger partial charge is 0.440 e. The van der Waals surface area contributed by atoms with Crippen molar-refractivity contribution in [1.29, 1.82) is 0 Å². The second-order valence-electron chi connectivity index (χ2n) is 16.9. The molecule has 0 aromatic heterocycles. The van der Waals surface area contributed by atoms with Gasteiger partial charge in [-0.3, -0.25) is 9.69 Å². The molecule has 3 spiro atoms. The summed E-state index contributed by atoms with van der Waals surface area (Å²) in [5.74, 6) is -0.114. The SMILES string of the molecule is CC12CCC(O)CC13C=CC1(C(C(=O)c4ccccc4-c4ccccc4)=C3)C2CCC2(C)C1CCC21CN(Cc2ccc(OC(F)(F)F)cc2)C(=O)O1. The predicted octanol–water partition coefficient (Wildman–Crippen LogP) is 9.69. The zero-order chi connectivity index (χ0) is 37.0. The van der Waals surface area contributed by atoms with Crippen molar-refractivity contribution in [2.24, 2.45) is 33.5 Å². The number of hydrogen-bond acceptors (Lipinski definition) is 5. The third kappa shape index (κ3) is 4.87. The molecule has 3 aromatic rings. The van der Waals surface area contributed by atoms with Crippen LogP contribution in [0, 0.1) is 33.5 Å². The van der Waals surface area contributed by atoms with Gasteiger partial charge >= 0.3 is 12.5 Å². The average Bonchev–Trinajstić information content (AvgIpc) is 3.62. The predicted molar refractivity (Wildman–Crippen MR) is 193 cm³/mol. The summed E-state index contributed by atoms with van der Waals surface area (Å²) >= 11 is 0. The van der Waals surface area contributed by atoms with Crippen molar-refractivity contribution in [1.82, 2.24) is 4.90 Å². The fraction of sp³-hybridized carbons (Fsp3) is 0.455. The fourth-order valence-electron chi connectivity index (χ4n) is 12.2. The molecule has 3 saturated carbocycles. The maximum Gasteiger partial charge on any atom is 0.573 e. The highest BCUT2D eigenvalue weighted by Crippen LogP contribution is 2.79. The van der Waals surface area contributed by atoms with Crippen LogP contribution in [0.4, 0.5) is 18.0 Å². The Morgan fingerprint density at radius 2 is 1.57 bits per heavy atom. The number of carbonyl (C=O) groups is 2. The second-order valence-corrected chi connectivity index (χ2v) is 16.9. The maximum absolute atomic E-state index is 15.4. The molecule has 10 rings (SSSR count). The molecule has 1 saturated heterocycles. The third-order valence-corrected chi connectivity index (χ3v) is 14.7. The molecule has 8 atom stereocenters. The van der Waals surface area contributed by atoms with E-state index in [4.69, 9.17) is 4.74 Å². The van der Waals surface area contributed by atoms with Crippen molar-refractivity contribution in [2.45, 2.75) is 83.4 Å². The maximum atomic E-state index is 15.4. The highest BCUT2D eigenvalue weighted by molar-refractivity contribution is 6.14. The normalized spacial score (nSPS) is 36.8. The van der Waals surface area contributed by atoms with E-state index in [-0.39, 0.29) is 35.3 Å². The van der Waals surface area contributed by atoms with Gasteiger partial charge in [0.1, 0.15) is 11.4 Å². The molecule has 3 aromatic carbocycles. The Labute approximate surface area is 307 Å². The lowest BCUT2D eigenvalue weighted by molar-refractivity contribution is -0.274. The monoisotopic (exact) mass is 723 g/mol. The number of allylic oxidation sites excluding steroid dienone is 4. The number of aliphatic hydroxyl groups excluding tert-OH is 1. The van der Waals surface area contributed by atoms with Crippen LogP contribution in [0.15, 0.2) is 103 Å². The van der Waals surface area contributed by atoms with Crippen molar-refractivity contribution >= 4 is 11.9 Å². The number of nitrogens with zero attached hydrogens (tertiary/aromatic N) is 1. The van der Waals surface area contributed by atoms with Crippen LogP contribution in [0.3, 0.4) is 0 Å². The summed E-state index contributed by atoms with van der Waals surface area (Å²) in [7, 11) is 0. The number of amides is 1. The van der Waals surface area contributed by atoms with Crippen LogP contribution in [0.2, 0.25) is 0 Å². The topological polar surface area (TPSA) is 76.1 Å². The first-order chi connectivity index (χ1) is 25.2. The minimum absolute atomic E-state index is 0.0117. The molecule has 0 radical (unpaired) electrons. The number of aliphatic hydroxyl groups is 1. The van der Waals surface area contributed by atoms with E-state index >= 15 is 4.79 Å². The number of halogens is 3. The van der Waals surface area contributed by atoms with Crippen molar-refractivity contribution in [2.75, 3.05) is 6.54 Å². The Morgan fingerprint density at radius 1 is 0.887 bits per heavy atom. The van der Waals surface area contributed by atoms with E-state index in [2.05, 4.69) is 36.8 Å². The van der Waals surface area contributed by atoms with Gasteiger partial charge in [-0.2, -0.15) is 0 Å². The average molecular weight is 724 g/mol. The zero-order valence-electron chi connectivity index (χ0n) is 30.0. The Hall–Kier alpha value is -4.37. The minimum atomic E-state index is -4.78. The molecule has 276 valence electrons. The lowest BCUT2D eigenvalue weighted by atomic mass is 9.32. The van der Waals surface area contributed by atoms with Gasteiger partial charge < -0.3 is 14.6 Å². The van der Waals surface area contributed by atoms with Gasteiger partial charge in [0.2, 0.25) is 0 Å². The number of alkyl halides is 3. The van der Waals surface area contributed by atoms with Gasteiger partial charge in [0.25, 0.3) is 0 Å². The molecule has 8 unspecified atom stereocenters. The molecule has 1 aliphatic heterocycles. The summed E-state index contributed by atoms with van der Waals surface area (Å²) in [6, 6.07) is 23.5. The van der Waals surface area contributed by atoms with Crippen LogP contribution < -0.4 is 4.74 Å². The number of ether oxygens (including phenoxy) is 2. The minimum Gasteiger partial charge on any atom is -0.440 e. The number of carbonyl (C=O) groups excluding carboxylic acids is 2. The van der Waals surface area contributed by atoms with Crippen LogP contribution >= 0.6 is 0 Å². The molecule has 1 amide bonds. The van der Waals surface area contributed by atoms with E-state index in [0.29, 0.717) is 30.5 Å². The molecule has 9 heteroatoms. The Bertz CT molecular complexity index is 2050. The Morgan fingerprint density at radius 3 is 2.32 bits per heavy atom. The van der Waals surface area contributed by atoms with Gasteiger partial charge in [-0.05, 0) is 91.0 Å². The first-order valence-electron chi connectivity index (χ1n) is 18.9. The highest BCUT2D eigenvalue weighted by Gasteiger charge is 2.76. The van der Waals surface area contributed by atoms with Gasteiger partial charge in [-0.1, -0.05) is 98.8 Å². The Balaban J connectivity index is 1.10. The molecule has 6 aliphatic carbocycles. The molecule has 7 aliphatic rings. The van der Waals surface area contributed by atoms with E-state index < -0.39 is 40.4 Å². The van der Waals surface area contributed by atoms with Gasteiger partial charge in [0, 0.05) is 33.9 Å². The van der Waals surface area contributed by atoms with Crippen LogP contribution in [0.5, 0.6) is 5.75 Å². The molecule has 4 fully saturated rings. The standard InChI is InChI=1S/C44H44F3NO5/c1-39-19-16-30(49)24-41(39)22-23-43(34(25-41)37(50)33-11-7-6-10-32(33)29-8-4-3-5-9-29)35(39)17-20-40(2)36(43)18-21-42(40)27-48(38(51)53-42)26-28-12-14-31(15-13-28)52-44(45,46)47/h3-15,22-23,25,30,35-36,49H,16-21,24,26-27H2,1-2H3. The molecular weight excluding hydrogens is 679 g/mol. The molecule has 2 bridgehead atoms. The summed E-state index contributed by atoms with van der Waals surface area (Å²) in [6.45, 7) is 5.20. The zero-order valence-corrected chi connectivity index (χ0v) is 30.0. The number of ketones is 1. The van der Waals surface area contributed by atoms with Crippen molar-refractivity contribution < 1.29 is 37.3 Å². The molecular formula is C44H44F3NO5. The number of Topliss-reactive ketones (excluding diaryl/α,β-unsaturated/α-hetero) is 1. The molecule has 6 nitrogen and oxygen atoms in total. The van der Waals surface area contributed by atoms with Crippen molar-refractivity contribution in [3.63, 3.8) is 0 Å². The number of benzene rings is 3. The number of rotatable bonds is 6. The van der Waals surface area contributed by atoms with E-state index in [1.807, 2.05) is 54.6 Å². The Kier molecular flexibility index (Phi) is 7.51. The van der Waals surface area contributed by atoms with Crippen LogP contribution in [0.25, 0.3) is 11.1 Å². The largest absolute Gasteiger partial charge is 0.573 e. The summed E-state index contributed by atoms with van der Waals surface area (Å²) in [4.78, 5) is 30.7. The van der Waals surface area contributed by atoms with Gasteiger partial charge in [-0.25, -0.2) is 4.79 Å². The van der Waals surface area contributed by atoms with Gasteiger partial charge in [-0.15, -0.1) is 13.2 Å². The quantitative estimate of drug-likeness (QED) is 0.203. The second kappa shape index (κ2) is 11.6. The van der Waals surface area contributed by atoms with E-state index in [1.165, 1.54) is 12.1 Å². The lowest BCUT2D eigenvalue weighted by Gasteiger charge is -2.71. The third-order valence-electron chi connectivity index (χ3n) is 14.7. The fourth-order valence-corrected chi connectivity index (χ4v) is 12.2. The summed E-state index contributed by atoms with van der Waals surface area (Å²) < 4.78 is 48.8. The van der Waals surface area contributed by atoms with Crippen LogP contribution in [0.1, 0.15) is 74.7 Å². The van der Waals surface area contributed by atoms with Crippen molar-refractivity contribution in [3.05, 3.63) is 114 Å². The first-order valence-corrected chi connectivity index (χ1v) is 18.9. The number of hydrogen-bond donors (Lipinski definition) is 1. The highest BCUT2D eigenvalue weighted by atomic mass is 19.4. The summed E-state index contributed by atoms with van der Waals surface area (Å²) in [5, 5.41) is 11.1. The summed E-state index contributed by atoms with van der Waals surface area (Å²) in [5.41, 5.74) is 1.60. The summed E-state index contributed by atoms with van der Waals surface area (Å²) in [6.07, 6.45) is 6.57.